The Morgan fingerprint density at radius 1 is 1.42 bits per heavy atom. The van der Waals surface area contributed by atoms with E-state index in [1.54, 1.807) is 0 Å². The molecular formula is C7H5BrClFO2. The van der Waals surface area contributed by atoms with E-state index in [1.165, 1.54) is 12.1 Å². The second-order valence-electron chi connectivity index (χ2n) is 2.14. The van der Waals surface area contributed by atoms with Crippen molar-refractivity contribution in [3.63, 3.8) is 0 Å². The van der Waals surface area contributed by atoms with Gasteiger partial charge in [-0.15, -0.1) is 0 Å². The number of hydrogen-bond acceptors (Lipinski definition) is 2. The summed E-state index contributed by atoms with van der Waals surface area (Å²) in [5, 5.41) is 17.4. The first-order valence-electron chi connectivity index (χ1n) is 3.03. The molecule has 0 radical (unpaired) electrons. The molecule has 0 bridgehead atoms. The van der Waals surface area contributed by atoms with Gasteiger partial charge in [0.05, 0.1) is 9.50 Å². The highest BCUT2D eigenvalue weighted by molar-refractivity contribution is 9.10. The molecule has 1 aromatic carbocycles. The Morgan fingerprint density at radius 2 is 2.00 bits per heavy atom. The van der Waals surface area contributed by atoms with Crippen LogP contribution in [0.25, 0.3) is 0 Å². The van der Waals surface area contributed by atoms with E-state index in [1.807, 2.05) is 0 Å². The number of rotatable bonds is 1. The first-order valence-corrected chi connectivity index (χ1v) is 4.20. The molecule has 0 amide bonds. The molecule has 1 rings (SSSR count). The summed E-state index contributed by atoms with van der Waals surface area (Å²) in [4.78, 5) is 0. The van der Waals surface area contributed by atoms with Crippen LogP contribution in [-0.4, -0.2) is 10.2 Å². The summed E-state index contributed by atoms with van der Waals surface area (Å²) in [6, 6.07) is 2.59. The number of halogens is 3. The number of hydrogen-bond donors (Lipinski definition) is 2. The predicted octanol–water partition coefficient (Wildman–Crippen LogP) is 2.22. The van der Waals surface area contributed by atoms with E-state index in [2.05, 4.69) is 15.9 Å². The van der Waals surface area contributed by atoms with Crippen LogP contribution in [0, 0.1) is 5.82 Å². The molecule has 0 aliphatic rings. The van der Waals surface area contributed by atoms with Crippen molar-refractivity contribution in [2.45, 2.75) is 6.29 Å². The maximum atomic E-state index is 13.0. The Hall–Kier alpha value is -0.160. The molecule has 0 fully saturated rings. The van der Waals surface area contributed by atoms with Crippen LogP contribution in [0.5, 0.6) is 0 Å². The zero-order chi connectivity index (χ0) is 9.30. The van der Waals surface area contributed by atoms with Gasteiger partial charge in [-0.25, -0.2) is 4.39 Å². The average Bonchev–Trinajstić information content (AvgIpc) is 2.00. The van der Waals surface area contributed by atoms with Crippen molar-refractivity contribution in [1.82, 2.24) is 0 Å². The molecule has 2 nitrogen and oxygen atoms in total. The molecule has 0 unspecified atom stereocenters. The van der Waals surface area contributed by atoms with E-state index in [-0.39, 0.29) is 15.1 Å². The second kappa shape index (κ2) is 3.70. The Bertz CT molecular complexity index is 304. The lowest BCUT2D eigenvalue weighted by Gasteiger charge is -2.07. The maximum Gasteiger partial charge on any atom is 0.179 e. The van der Waals surface area contributed by atoms with Crippen molar-refractivity contribution in [1.29, 1.82) is 0 Å². The van der Waals surface area contributed by atoms with Crippen LogP contribution in [0.15, 0.2) is 16.6 Å². The van der Waals surface area contributed by atoms with Gasteiger partial charge in [0.25, 0.3) is 0 Å². The van der Waals surface area contributed by atoms with E-state index >= 15 is 0 Å². The van der Waals surface area contributed by atoms with Crippen LogP contribution in [0.3, 0.4) is 0 Å². The number of aliphatic hydroxyl groups is 2. The molecule has 66 valence electrons. The lowest BCUT2D eigenvalue weighted by atomic mass is 10.2. The first kappa shape index (κ1) is 9.92. The normalized spacial score (nSPS) is 10.8. The molecule has 0 aliphatic heterocycles. The second-order valence-corrected chi connectivity index (χ2v) is 3.34. The lowest BCUT2D eigenvalue weighted by molar-refractivity contribution is -0.0432. The molecule has 0 heterocycles. The van der Waals surface area contributed by atoms with Gasteiger partial charge in [0, 0.05) is 5.56 Å². The van der Waals surface area contributed by atoms with Crippen LogP contribution in [-0.2, 0) is 0 Å². The summed E-state index contributed by atoms with van der Waals surface area (Å²) in [6.07, 6.45) is -1.70. The smallest absolute Gasteiger partial charge is 0.179 e. The SMILES string of the molecule is OC(O)c1ccc(Cl)c(F)c1Br. The molecule has 1 aromatic rings. The van der Waals surface area contributed by atoms with Gasteiger partial charge in [0.2, 0.25) is 0 Å². The number of aliphatic hydroxyl groups excluding tert-OH is 1. The average molecular weight is 255 g/mol. The van der Waals surface area contributed by atoms with Gasteiger partial charge < -0.3 is 10.2 Å². The van der Waals surface area contributed by atoms with E-state index < -0.39 is 12.1 Å². The summed E-state index contributed by atoms with van der Waals surface area (Å²) >= 11 is 8.27. The highest BCUT2D eigenvalue weighted by Crippen LogP contribution is 2.29. The fourth-order valence-electron chi connectivity index (χ4n) is 0.740. The van der Waals surface area contributed by atoms with Crippen LogP contribution in [0.4, 0.5) is 4.39 Å². The highest BCUT2D eigenvalue weighted by Gasteiger charge is 2.13. The monoisotopic (exact) mass is 254 g/mol. The third-order valence-electron chi connectivity index (χ3n) is 1.34. The molecule has 5 heteroatoms. The van der Waals surface area contributed by atoms with E-state index in [0.29, 0.717) is 0 Å². The van der Waals surface area contributed by atoms with Crippen molar-refractivity contribution in [3.05, 3.63) is 33.0 Å². The minimum atomic E-state index is -1.70. The standard InChI is InChI=1S/C7H5BrClFO2/c8-5-3(7(11)12)1-2-4(9)6(5)10/h1-2,7,11-12H. The topological polar surface area (TPSA) is 40.5 Å². The molecule has 0 saturated heterocycles. The highest BCUT2D eigenvalue weighted by atomic mass is 79.9. The fraction of sp³-hybridized carbons (Fsp3) is 0.143. The van der Waals surface area contributed by atoms with Gasteiger partial charge in [-0.2, -0.15) is 0 Å². The molecule has 0 aliphatic carbocycles. The van der Waals surface area contributed by atoms with Gasteiger partial charge >= 0.3 is 0 Å². The molecule has 0 spiro atoms. The summed E-state index contributed by atoms with van der Waals surface area (Å²) in [7, 11) is 0. The predicted molar refractivity (Wildman–Crippen MR) is 46.3 cm³/mol. The Labute approximate surface area is 81.7 Å². The van der Waals surface area contributed by atoms with Gasteiger partial charge in [-0.05, 0) is 22.0 Å². The quantitative estimate of drug-likeness (QED) is 0.597. The van der Waals surface area contributed by atoms with Gasteiger partial charge in [0.15, 0.2) is 12.1 Å². The van der Waals surface area contributed by atoms with Crippen LogP contribution < -0.4 is 0 Å². The Morgan fingerprint density at radius 3 is 2.50 bits per heavy atom. The summed E-state index contributed by atoms with van der Waals surface area (Å²) in [6.45, 7) is 0. The fourth-order valence-corrected chi connectivity index (χ4v) is 1.56. The molecule has 0 aromatic heterocycles. The van der Waals surface area contributed by atoms with E-state index in [9.17, 15) is 4.39 Å². The lowest BCUT2D eigenvalue weighted by Crippen LogP contribution is -1.97. The van der Waals surface area contributed by atoms with Crippen molar-refractivity contribution < 1.29 is 14.6 Å². The molecule has 12 heavy (non-hydrogen) atoms. The minimum Gasteiger partial charge on any atom is -0.364 e. The van der Waals surface area contributed by atoms with Gasteiger partial charge in [0.1, 0.15) is 0 Å². The largest absolute Gasteiger partial charge is 0.364 e. The van der Waals surface area contributed by atoms with Crippen molar-refractivity contribution >= 4 is 27.5 Å². The maximum absolute atomic E-state index is 13.0. The van der Waals surface area contributed by atoms with Crippen molar-refractivity contribution in [2.24, 2.45) is 0 Å². The Balaban J connectivity index is 3.27. The molecule has 0 saturated carbocycles. The van der Waals surface area contributed by atoms with Crippen LogP contribution in [0.1, 0.15) is 11.9 Å². The summed E-state index contributed by atoms with van der Waals surface area (Å²) < 4.78 is 12.9. The third kappa shape index (κ3) is 1.77. The van der Waals surface area contributed by atoms with Crippen LogP contribution >= 0.6 is 27.5 Å². The summed E-state index contributed by atoms with van der Waals surface area (Å²) in [5.74, 6) is -0.692. The zero-order valence-corrected chi connectivity index (χ0v) is 8.10. The van der Waals surface area contributed by atoms with E-state index in [4.69, 9.17) is 21.8 Å². The van der Waals surface area contributed by atoms with Gasteiger partial charge in [-0.3, -0.25) is 0 Å². The van der Waals surface area contributed by atoms with Crippen molar-refractivity contribution in [3.8, 4) is 0 Å². The summed E-state index contributed by atoms with van der Waals surface area (Å²) in [5.41, 5.74) is 0.0527. The van der Waals surface area contributed by atoms with E-state index in [0.717, 1.165) is 0 Å². The minimum absolute atomic E-state index is 0.0231. The molecule has 2 N–H and O–H groups in total. The van der Waals surface area contributed by atoms with Crippen LogP contribution in [0.2, 0.25) is 5.02 Å². The van der Waals surface area contributed by atoms with Crippen molar-refractivity contribution in [2.75, 3.05) is 0 Å². The molecular weight excluding hydrogens is 250 g/mol. The van der Waals surface area contributed by atoms with Gasteiger partial charge in [-0.1, -0.05) is 17.7 Å². The molecule has 0 atom stereocenters. The third-order valence-corrected chi connectivity index (χ3v) is 2.44. The Kier molecular flexibility index (Phi) is 3.06. The number of benzene rings is 1. The zero-order valence-electron chi connectivity index (χ0n) is 5.76. The first-order chi connectivity index (χ1) is 5.54.